The topological polar surface area (TPSA) is 55.2 Å². The maximum Gasteiger partial charge on any atom is 0.308 e. The van der Waals surface area contributed by atoms with E-state index in [-0.39, 0.29) is 0 Å². The number of hydrogen-bond acceptors (Lipinski definition) is 3. The fourth-order valence-electron chi connectivity index (χ4n) is 1.06. The molecule has 0 saturated heterocycles. The minimum Gasteiger partial charge on any atom is -0.241 e. The summed E-state index contributed by atoms with van der Waals surface area (Å²) in [7, 11) is -0.419. The summed E-state index contributed by atoms with van der Waals surface area (Å²) in [5, 5.41) is 0. The van der Waals surface area contributed by atoms with E-state index in [2.05, 4.69) is 4.98 Å². The molecule has 1 heterocycles. The lowest BCUT2D eigenvalue weighted by Crippen LogP contribution is -2.30. The number of aryl methyl sites for hydroxylation is 2. The van der Waals surface area contributed by atoms with Gasteiger partial charge < -0.3 is 0 Å². The van der Waals surface area contributed by atoms with Crippen molar-refractivity contribution in [1.29, 1.82) is 0 Å². The average Bonchev–Trinajstić information content (AvgIpc) is 2.30. The normalized spacial score (nSPS) is 12.4. The lowest BCUT2D eigenvalue weighted by atomic mass is 10.6. The highest BCUT2D eigenvalue weighted by Crippen LogP contribution is 2.09. The van der Waals surface area contributed by atoms with Crippen LogP contribution in [0.5, 0.6) is 0 Å². The molecule has 6 heteroatoms. The molecule has 1 aromatic rings. The van der Waals surface area contributed by atoms with Crippen LogP contribution in [0.4, 0.5) is 0 Å². The Hall–Kier alpha value is -0.880. The van der Waals surface area contributed by atoms with Crippen LogP contribution in [0.2, 0.25) is 0 Å². The fraction of sp³-hybridized carbons (Fsp3) is 0.571. The summed E-state index contributed by atoms with van der Waals surface area (Å²) in [6, 6.07) is 0. The Kier molecular flexibility index (Phi) is 2.44. The third kappa shape index (κ3) is 1.59. The molecule has 5 nitrogen and oxygen atoms in total. The van der Waals surface area contributed by atoms with Crippen LogP contribution >= 0.6 is 0 Å². The minimum absolute atomic E-state index is 0.478. The van der Waals surface area contributed by atoms with Gasteiger partial charge in [-0.15, -0.1) is 0 Å². The van der Waals surface area contributed by atoms with Gasteiger partial charge in [-0.25, -0.2) is 8.96 Å². The van der Waals surface area contributed by atoms with Crippen molar-refractivity contribution in [3.63, 3.8) is 0 Å². The summed E-state index contributed by atoms with van der Waals surface area (Å²) in [6.07, 6.45) is 1.54. The molecule has 0 aliphatic carbocycles. The van der Waals surface area contributed by atoms with Crippen LogP contribution in [0.25, 0.3) is 0 Å². The van der Waals surface area contributed by atoms with Gasteiger partial charge >= 0.3 is 10.2 Å². The molecule has 0 radical (unpaired) electrons. The average molecular weight is 203 g/mol. The maximum absolute atomic E-state index is 11.7. The van der Waals surface area contributed by atoms with E-state index in [0.29, 0.717) is 11.5 Å². The van der Waals surface area contributed by atoms with E-state index in [4.69, 9.17) is 0 Å². The summed E-state index contributed by atoms with van der Waals surface area (Å²) in [4.78, 5) is 3.92. The molecule has 0 N–H and O–H groups in total. The second kappa shape index (κ2) is 3.12. The Labute approximate surface area is 78.2 Å². The highest BCUT2D eigenvalue weighted by atomic mass is 32.2. The molecule has 0 atom stereocenters. The summed E-state index contributed by atoms with van der Waals surface area (Å²) in [5.41, 5.74) is 0.617. The monoisotopic (exact) mass is 203 g/mol. The Morgan fingerprint density at radius 1 is 1.38 bits per heavy atom. The van der Waals surface area contributed by atoms with E-state index in [1.54, 1.807) is 13.8 Å². The SMILES string of the molecule is Cc1cnc(C)n1S(=O)(=O)N(C)C. The minimum atomic E-state index is -3.41. The van der Waals surface area contributed by atoms with Crippen LogP contribution in [-0.2, 0) is 10.2 Å². The van der Waals surface area contributed by atoms with E-state index < -0.39 is 10.2 Å². The van der Waals surface area contributed by atoms with Gasteiger partial charge in [-0.05, 0) is 13.8 Å². The molecule has 1 aromatic heterocycles. The summed E-state index contributed by atoms with van der Waals surface area (Å²) in [5.74, 6) is 0.478. The number of aromatic nitrogens is 2. The third-order valence-corrected chi connectivity index (χ3v) is 3.68. The smallest absolute Gasteiger partial charge is 0.241 e. The quantitative estimate of drug-likeness (QED) is 0.687. The fourth-order valence-corrected chi connectivity index (χ4v) is 2.18. The molecular weight excluding hydrogens is 190 g/mol. The molecule has 0 saturated carbocycles. The standard InChI is InChI=1S/C7H13N3O2S/c1-6-5-8-7(2)10(6)13(11,12)9(3)4/h5H,1-4H3. The number of imidazole rings is 1. The predicted molar refractivity (Wildman–Crippen MR) is 49.7 cm³/mol. The van der Waals surface area contributed by atoms with Gasteiger partial charge in [0, 0.05) is 20.3 Å². The van der Waals surface area contributed by atoms with Gasteiger partial charge in [0.2, 0.25) is 0 Å². The predicted octanol–water partition coefficient (Wildman–Crippen LogP) is 0.154. The zero-order valence-corrected chi connectivity index (χ0v) is 8.96. The van der Waals surface area contributed by atoms with E-state index in [1.165, 1.54) is 24.3 Å². The van der Waals surface area contributed by atoms with E-state index in [0.717, 1.165) is 4.31 Å². The first-order chi connectivity index (χ1) is 5.87. The Morgan fingerprint density at radius 3 is 2.23 bits per heavy atom. The van der Waals surface area contributed by atoms with Crippen molar-refractivity contribution in [3.8, 4) is 0 Å². The van der Waals surface area contributed by atoms with Crippen LogP contribution in [0.1, 0.15) is 11.5 Å². The van der Waals surface area contributed by atoms with Gasteiger partial charge in [0.1, 0.15) is 5.82 Å². The second-order valence-electron chi connectivity index (χ2n) is 3.00. The first-order valence-corrected chi connectivity index (χ1v) is 5.21. The van der Waals surface area contributed by atoms with Crippen LogP contribution in [0.3, 0.4) is 0 Å². The van der Waals surface area contributed by atoms with Crippen molar-refractivity contribution < 1.29 is 8.42 Å². The molecule has 13 heavy (non-hydrogen) atoms. The molecular formula is C7H13N3O2S. The molecule has 0 aromatic carbocycles. The Bertz CT molecular complexity index is 386. The summed E-state index contributed by atoms with van der Waals surface area (Å²) < 4.78 is 25.7. The van der Waals surface area contributed by atoms with Crippen molar-refractivity contribution in [3.05, 3.63) is 17.7 Å². The van der Waals surface area contributed by atoms with Crippen molar-refractivity contribution in [1.82, 2.24) is 13.3 Å². The number of hydrogen-bond donors (Lipinski definition) is 0. The highest BCUT2D eigenvalue weighted by molar-refractivity contribution is 7.87. The van der Waals surface area contributed by atoms with Crippen molar-refractivity contribution in [2.45, 2.75) is 13.8 Å². The van der Waals surface area contributed by atoms with E-state index in [1.807, 2.05) is 0 Å². The zero-order chi connectivity index (χ0) is 10.2. The molecule has 0 amide bonds. The van der Waals surface area contributed by atoms with E-state index in [9.17, 15) is 8.42 Å². The van der Waals surface area contributed by atoms with Gasteiger partial charge in [0.25, 0.3) is 0 Å². The van der Waals surface area contributed by atoms with Gasteiger partial charge in [0.15, 0.2) is 0 Å². The van der Waals surface area contributed by atoms with Crippen molar-refractivity contribution >= 4 is 10.2 Å². The van der Waals surface area contributed by atoms with Crippen LogP contribution in [0.15, 0.2) is 6.20 Å². The van der Waals surface area contributed by atoms with Gasteiger partial charge in [0.05, 0.1) is 5.69 Å². The largest absolute Gasteiger partial charge is 0.308 e. The lowest BCUT2D eigenvalue weighted by Gasteiger charge is -2.14. The van der Waals surface area contributed by atoms with E-state index >= 15 is 0 Å². The van der Waals surface area contributed by atoms with Crippen LogP contribution in [0, 0.1) is 13.8 Å². The summed E-state index contributed by atoms with van der Waals surface area (Å²) in [6.45, 7) is 3.37. The second-order valence-corrected chi connectivity index (χ2v) is 4.99. The maximum atomic E-state index is 11.7. The first kappa shape index (κ1) is 10.2. The van der Waals surface area contributed by atoms with Gasteiger partial charge in [-0.2, -0.15) is 12.7 Å². The molecule has 0 unspecified atom stereocenters. The number of rotatable bonds is 2. The molecule has 1 rings (SSSR count). The van der Waals surface area contributed by atoms with Gasteiger partial charge in [-0.1, -0.05) is 0 Å². The molecule has 0 fully saturated rings. The highest BCUT2D eigenvalue weighted by Gasteiger charge is 2.20. The molecule has 74 valence electrons. The molecule has 0 aliphatic heterocycles. The molecule has 0 bridgehead atoms. The lowest BCUT2D eigenvalue weighted by molar-refractivity contribution is 0.508. The van der Waals surface area contributed by atoms with Crippen molar-refractivity contribution in [2.75, 3.05) is 14.1 Å². The number of nitrogens with zero attached hydrogens (tertiary/aromatic N) is 3. The van der Waals surface area contributed by atoms with Crippen molar-refractivity contribution in [2.24, 2.45) is 0 Å². The van der Waals surface area contributed by atoms with Crippen LogP contribution in [-0.4, -0.2) is 35.8 Å². The Balaban J connectivity index is 3.38. The molecule has 0 spiro atoms. The van der Waals surface area contributed by atoms with Gasteiger partial charge in [-0.3, -0.25) is 0 Å². The Morgan fingerprint density at radius 2 is 1.92 bits per heavy atom. The molecule has 0 aliphatic rings. The first-order valence-electron chi connectivity index (χ1n) is 3.81. The summed E-state index contributed by atoms with van der Waals surface area (Å²) >= 11 is 0. The zero-order valence-electron chi connectivity index (χ0n) is 8.14. The third-order valence-electron chi connectivity index (χ3n) is 1.74. The van der Waals surface area contributed by atoms with Crippen LogP contribution < -0.4 is 0 Å².